The first kappa shape index (κ1) is 25.7. The maximum Gasteiger partial charge on any atom is 0.259 e. The minimum atomic E-state index is -0.416. The lowest BCUT2D eigenvalue weighted by atomic mass is 9.99. The summed E-state index contributed by atoms with van der Waals surface area (Å²) in [6.07, 6.45) is 1.19. The van der Waals surface area contributed by atoms with Crippen molar-refractivity contribution in [3.63, 3.8) is 0 Å². The number of hydrogen-bond donors (Lipinski definition) is 1. The van der Waals surface area contributed by atoms with E-state index in [0.717, 1.165) is 5.56 Å². The van der Waals surface area contributed by atoms with Crippen LogP contribution in [0.25, 0.3) is 11.1 Å². The van der Waals surface area contributed by atoms with E-state index in [1.165, 1.54) is 24.4 Å². The molecule has 0 fully saturated rings. The average molecular weight is 496 g/mol. The van der Waals surface area contributed by atoms with Gasteiger partial charge in [-0.3, -0.25) is 9.69 Å². The SMILES string of the molecule is C[C@H](CO)N1C[C@H](C)[C@H](CN(C)Cc2ccc(F)cc2)Oc2ncc(-c3ccccc3F)cc2C1=O. The molecule has 190 valence electrons. The normalized spacial score (nSPS) is 18.9. The number of ether oxygens (including phenoxy) is 1. The van der Waals surface area contributed by atoms with Gasteiger partial charge < -0.3 is 14.7 Å². The third-order valence-electron chi connectivity index (χ3n) is 6.56. The molecule has 1 aliphatic heterocycles. The van der Waals surface area contributed by atoms with Crippen LogP contribution in [0.15, 0.2) is 60.8 Å². The first-order valence-corrected chi connectivity index (χ1v) is 12.0. The lowest BCUT2D eigenvalue weighted by Gasteiger charge is -2.37. The molecule has 1 aromatic heterocycles. The third kappa shape index (κ3) is 5.71. The van der Waals surface area contributed by atoms with Gasteiger partial charge in [0, 0.05) is 42.9 Å². The standard InChI is InChI=1S/C28H31F2N3O3/c1-18-14-33(19(2)17-34)28(35)24-12-21(23-6-4-5-7-25(23)30)13-31-27(24)36-26(18)16-32(3)15-20-8-10-22(29)11-9-20/h4-13,18-19,26,34H,14-17H2,1-3H3/t18-,19+,26-/m0/s1. The van der Waals surface area contributed by atoms with Gasteiger partial charge >= 0.3 is 0 Å². The van der Waals surface area contributed by atoms with Crippen LogP contribution in [0.5, 0.6) is 5.88 Å². The number of aromatic nitrogens is 1. The Bertz CT molecular complexity index is 1200. The van der Waals surface area contributed by atoms with E-state index in [4.69, 9.17) is 4.74 Å². The summed E-state index contributed by atoms with van der Waals surface area (Å²) < 4.78 is 34.0. The molecule has 1 amide bonds. The first-order valence-electron chi connectivity index (χ1n) is 12.0. The van der Waals surface area contributed by atoms with Crippen LogP contribution in [0.2, 0.25) is 0 Å². The van der Waals surface area contributed by atoms with Crippen molar-refractivity contribution in [2.45, 2.75) is 32.5 Å². The molecule has 0 saturated carbocycles. The topological polar surface area (TPSA) is 65.9 Å². The van der Waals surface area contributed by atoms with E-state index in [9.17, 15) is 18.7 Å². The molecule has 4 rings (SSSR count). The van der Waals surface area contributed by atoms with Crippen molar-refractivity contribution in [1.29, 1.82) is 0 Å². The summed E-state index contributed by atoms with van der Waals surface area (Å²) in [6, 6.07) is 13.9. The lowest BCUT2D eigenvalue weighted by Crippen LogP contribution is -2.49. The largest absolute Gasteiger partial charge is 0.472 e. The molecule has 2 heterocycles. The molecule has 0 unspecified atom stereocenters. The molecule has 3 atom stereocenters. The van der Waals surface area contributed by atoms with Gasteiger partial charge in [0.1, 0.15) is 23.3 Å². The molecule has 2 aromatic carbocycles. The second-order valence-electron chi connectivity index (χ2n) is 9.50. The van der Waals surface area contributed by atoms with Crippen molar-refractivity contribution in [3.05, 3.63) is 83.6 Å². The van der Waals surface area contributed by atoms with Crippen molar-refractivity contribution >= 4 is 5.91 Å². The third-order valence-corrected chi connectivity index (χ3v) is 6.56. The van der Waals surface area contributed by atoms with E-state index in [2.05, 4.69) is 9.88 Å². The summed E-state index contributed by atoms with van der Waals surface area (Å²) >= 11 is 0. The highest BCUT2D eigenvalue weighted by molar-refractivity contribution is 5.98. The molecule has 8 heteroatoms. The maximum absolute atomic E-state index is 14.5. The summed E-state index contributed by atoms with van der Waals surface area (Å²) in [7, 11) is 1.95. The van der Waals surface area contributed by atoms with Crippen LogP contribution in [0.1, 0.15) is 29.8 Å². The Labute approximate surface area is 210 Å². The summed E-state index contributed by atoms with van der Waals surface area (Å²) in [5, 5.41) is 9.84. The minimum absolute atomic E-state index is 0.0696. The molecule has 3 aromatic rings. The van der Waals surface area contributed by atoms with Gasteiger partial charge in [0.05, 0.1) is 12.6 Å². The number of aliphatic hydroxyl groups excluding tert-OH is 1. The highest BCUT2D eigenvalue weighted by atomic mass is 19.1. The van der Waals surface area contributed by atoms with Crippen LogP contribution in [0, 0.1) is 17.6 Å². The number of carbonyl (C=O) groups is 1. The second-order valence-corrected chi connectivity index (χ2v) is 9.50. The molecular formula is C28H31F2N3O3. The number of fused-ring (bicyclic) bond motifs is 1. The van der Waals surface area contributed by atoms with Crippen molar-refractivity contribution in [3.8, 4) is 17.0 Å². The van der Waals surface area contributed by atoms with E-state index in [0.29, 0.717) is 30.8 Å². The zero-order valence-electron chi connectivity index (χ0n) is 20.7. The number of amides is 1. The van der Waals surface area contributed by atoms with Crippen LogP contribution in [-0.2, 0) is 6.54 Å². The minimum Gasteiger partial charge on any atom is -0.472 e. The number of hydrogen-bond acceptors (Lipinski definition) is 5. The number of halogens is 2. The van der Waals surface area contributed by atoms with Gasteiger partial charge in [-0.2, -0.15) is 0 Å². The van der Waals surface area contributed by atoms with Crippen molar-refractivity contribution < 1.29 is 23.4 Å². The predicted octanol–water partition coefficient (Wildman–Crippen LogP) is 4.38. The molecule has 0 radical (unpaired) electrons. The zero-order valence-corrected chi connectivity index (χ0v) is 20.7. The highest BCUT2D eigenvalue weighted by Gasteiger charge is 2.34. The number of aliphatic hydroxyl groups is 1. The highest BCUT2D eigenvalue weighted by Crippen LogP contribution is 2.31. The fourth-order valence-electron chi connectivity index (χ4n) is 4.44. The van der Waals surface area contributed by atoms with Crippen LogP contribution < -0.4 is 4.74 Å². The predicted molar refractivity (Wildman–Crippen MR) is 134 cm³/mol. The molecule has 6 nitrogen and oxygen atoms in total. The van der Waals surface area contributed by atoms with Gasteiger partial charge in [0.2, 0.25) is 5.88 Å². The van der Waals surface area contributed by atoms with Gasteiger partial charge in [0.25, 0.3) is 5.91 Å². The van der Waals surface area contributed by atoms with Crippen LogP contribution >= 0.6 is 0 Å². The fourth-order valence-corrected chi connectivity index (χ4v) is 4.44. The van der Waals surface area contributed by atoms with E-state index in [1.807, 2.05) is 14.0 Å². The quantitative estimate of drug-likeness (QED) is 0.527. The smallest absolute Gasteiger partial charge is 0.259 e. The molecule has 1 N–H and O–H groups in total. The van der Waals surface area contributed by atoms with E-state index in [1.54, 1.807) is 48.2 Å². The van der Waals surface area contributed by atoms with Gasteiger partial charge in [0.15, 0.2) is 0 Å². The van der Waals surface area contributed by atoms with E-state index in [-0.39, 0.29) is 41.8 Å². The molecule has 36 heavy (non-hydrogen) atoms. The van der Waals surface area contributed by atoms with Gasteiger partial charge in [-0.05, 0) is 43.8 Å². The van der Waals surface area contributed by atoms with Gasteiger partial charge in [-0.15, -0.1) is 0 Å². The Morgan fingerprint density at radius 3 is 2.58 bits per heavy atom. The Morgan fingerprint density at radius 2 is 1.89 bits per heavy atom. The fraction of sp³-hybridized carbons (Fsp3) is 0.357. The van der Waals surface area contributed by atoms with Crippen LogP contribution in [-0.4, -0.2) is 64.7 Å². The first-order chi connectivity index (χ1) is 17.3. The van der Waals surface area contributed by atoms with E-state index >= 15 is 0 Å². The number of rotatable bonds is 7. The van der Waals surface area contributed by atoms with Crippen LogP contribution in [0.4, 0.5) is 8.78 Å². The Morgan fingerprint density at radius 1 is 1.17 bits per heavy atom. The maximum atomic E-state index is 14.5. The van der Waals surface area contributed by atoms with Crippen LogP contribution in [0.3, 0.4) is 0 Å². The van der Waals surface area contributed by atoms with Crippen molar-refractivity contribution in [2.24, 2.45) is 5.92 Å². The Hall–Kier alpha value is -3.36. The lowest BCUT2D eigenvalue weighted by molar-refractivity contribution is 0.0325. The number of nitrogens with zero attached hydrogens (tertiary/aromatic N) is 3. The van der Waals surface area contributed by atoms with Gasteiger partial charge in [-0.25, -0.2) is 13.8 Å². The number of pyridine rings is 1. The monoisotopic (exact) mass is 495 g/mol. The van der Waals surface area contributed by atoms with Gasteiger partial charge in [-0.1, -0.05) is 37.3 Å². The Balaban J connectivity index is 1.66. The Kier molecular flexibility index (Phi) is 7.96. The number of likely N-dealkylation sites (N-methyl/N-ethyl adjacent to an activating group) is 1. The molecular weight excluding hydrogens is 464 g/mol. The summed E-state index contributed by atoms with van der Waals surface area (Å²) in [5.41, 5.74) is 2.01. The summed E-state index contributed by atoms with van der Waals surface area (Å²) in [4.78, 5) is 21.7. The molecule has 1 aliphatic rings. The molecule has 0 saturated heterocycles. The zero-order chi connectivity index (χ0) is 25.8. The summed E-state index contributed by atoms with van der Waals surface area (Å²) in [5.74, 6) is -0.893. The molecule has 0 aliphatic carbocycles. The van der Waals surface area contributed by atoms with Crippen molar-refractivity contribution in [1.82, 2.24) is 14.8 Å². The summed E-state index contributed by atoms with van der Waals surface area (Å²) in [6.45, 7) is 5.10. The van der Waals surface area contributed by atoms with E-state index < -0.39 is 11.9 Å². The number of carbonyl (C=O) groups excluding carboxylic acids is 1. The number of benzene rings is 2. The molecule has 0 spiro atoms. The van der Waals surface area contributed by atoms with Crippen molar-refractivity contribution in [2.75, 3.05) is 26.7 Å². The average Bonchev–Trinajstić information content (AvgIpc) is 2.87. The second kappa shape index (κ2) is 11.1. The molecule has 0 bridgehead atoms.